The predicted octanol–water partition coefficient (Wildman–Crippen LogP) is 2.07. The first-order chi connectivity index (χ1) is 30.4. The summed E-state index contributed by atoms with van der Waals surface area (Å²) < 4.78 is 36.2. The second-order valence-corrected chi connectivity index (χ2v) is 18.6. The van der Waals surface area contributed by atoms with Crippen molar-refractivity contribution in [3.05, 3.63) is 11.4 Å². The number of ether oxygens (including phenoxy) is 6. The molecular formula is C43H77N9O10S. The summed E-state index contributed by atoms with van der Waals surface area (Å²) >= 11 is 1.90. The van der Waals surface area contributed by atoms with E-state index in [-0.39, 0.29) is 54.2 Å². The topological polar surface area (TPSA) is 209 Å². The van der Waals surface area contributed by atoms with E-state index in [0.717, 1.165) is 49.4 Å². The maximum absolute atomic E-state index is 13.4. The third kappa shape index (κ3) is 18.7. The molecule has 3 aliphatic rings. The second kappa shape index (κ2) is 28.7. The van der Waals surface area contributed by atoms with Gasteiger partial charge in [0, 0.05) is 102 Å². The number of rotatable bonds is 31. The van der Waals surface area contributed by atoms with Gasteiger partial charge in [-0.25, -0.2) is 9.48 Å². The highest BCUT2D eigenvalue weighted by molar-refractivity contribution is 8.00. The van der Waals surface area contributed by atoms with E-state index in [1.54, 1.807) is 19.1 Å². The number of aromatic nitrogens is 3. The maximum atomic E-state index is 13.4. The van der Waals surface area contributed by atoms with E-state index in [2.05, 4.69) is 64.3 Å². The first-order valence-electron chi connectivity index (χ1n) is 22.9. The number of nitrogens with one attached hydrogen (secondary N) is 4. The van der Waals surface area contributed by atoms with Gasteiger partial charge in [-0.2, -0.15) is 11.8 Å². The first-order valence-corrected chi connectivity index (χ1v) is 24.0. The van der Waals surface area contributed by atoms with Gasteiger partial charge in [-0.1, -0.05) is 11.6 Å². The van der Waals surface area contributed by atoms with Crippen LogP contribution in [0, 0.1) is 0 Å². The number of nitrogens with zero attached hydrogens (tertiary/aromatic N) is 5. The molecule has 63 heavy (non-hydrogen) atoms. The van der Waals surface area contributed by atoms with Gasteiger partial charge in [-0.15, -0.1) is 5.10 Å². The van der Waals surface area contributed by atoms with Crippen molar-refractivity contribution in [2.75, 3.05) is 113 Å². The van der Waals surface area contributed by atoms with Crippen LogP contribution < -0.4 is 21.3 Å². The van der Waals surface area contributed by atoms with E-state index in [9.17, 15) is 19.2 Å². The molecule has 360 valence electrons. The zero-order valence-corrected chi connectivity index (χ0v) is 39.6. The van der Waals surface area contributed by atoms with Gasteiger partial charge in [0.1, 0.15) is 17.9 Å². The second-order valence-electron chi connectivity index (χ2n) is 17.3. The summed E-state index contributed by atoms with van der Waals surface area (Å²) in [5, 5.41) is 21.1. The normalized spacial score (nSPS) is 21.1. The van der Waals surface area contributed by atoms with Crippen LogP contribution in [0.25, 0.3) is 0 Å². The minimum Gasteiger partial charge on any atom is -0.379 e. The smallest absolute Gasteiger partial charge is 0.315 e. The molecule has 2 saturated heterocycles. The van der Waals surface area contributed by atoms with Crippen molar-refractivity contribution in [3.63, 3.8) is 0 Å². The molecule has 4 heterocycles. The van der Waals surface area contributed by atoms with Crippen LogP contribution in [-0.2, 0) is 55.8 Å². The highest BCUT2D eigenvalue weighted by Gasteiger charge is 2.42. The first kappa shape index (κ1) is 52.5. The molecule has 0 aromatic carbocycles. The van der Waals surface area contributed by atoms with Crippen LogP contribution in [0.15, 0.2) is 0 Å². The molecule has 0 bridgehead atoms. The van der Waals surface area contributed by atoms with Gasteiger partial charge < -0.3 is 54.6 Å². The molecule has 0 saturated carbocycles. The zero-order chi connectivity index (χ0) is 45.5. The van der Waals surface area contributed by atoms with Crippen molar-refractivity contribution in [1.82, 2.24) is 46.1 Å². The van der Waals surface area contributed by atoms with Gasteiger partial charge in [0.2, 0.25) is 17.7 Å². The van der Waals surface area contributed by atoms with Crippen LogP contribution in [0.5, 0.6) is 0 Å². The van der Waals surface area contributed by atoms with E-state index < -0.39 is 12.2 Å². The Morgan fingerprint density at radius 2 is 1.48 bits per heavy atom. The van der Waals surface area contributed by atoms with Crippen LogP contribution in [0.3, 0.4) is 0 Å². The molecular weight excluding hydrogens is 835 g/mol. The number of thioether (sulfide) groups is 1. The van der Waals surface area contributed by atoms with Gasteiger partial charge in [0.25, 0.3) is 0 Å². The molecule has 3 aliphatic heterocycles. The number of methoxy groups -OCH3 is 2. The molecule has 4 N–H and O–H groups in total. The third-order valence-electron chi connectivity index (χ3n) is 11.8. The summed E-state index contributed by atoms with van der Waals surface area (Å²) in [5.41, 5.74) is 1.70. The Labute approximate surface area is 378 Å². The number of carbonyl (C=O) groups is 4. The molecule has 5 amide bonds. The Morgan fingerprint density at radius 3 is 2.13 bits per heavy atom. The molecule has 4 rings (SSSR count). The molecule has 1 aromatic heterocycles. The highest BCUT2D eigenvalue weighted by Crippen LogP contribution is 2.33. The van der Waals surface area contributed by atoms with Crippen LogP contribution in [0.1, 0.15) is 96.1 Å². The minimum atomic E-state index is -0.484. The Balaban J connectivity index is 0.951. The van der Waals surface area contributed by atoms with Gasteiger partial charge in [-0.3, -0.25) is 19.3 Å². The highest BCUT2D eigenvalue weighted by atomic mass is 32.2. The average Bonchev–Trinajstić information content (AvgIpc) is 3.94. The lowest BCUT2D eigenvalue weighted by molar-refractivity contribution is -0.135. The van der Waals surface area contributed by atoms with E-state index in [1.807, 2.05) is 16.4 Å². The number of hydrogen-bond acceptors (Lipinski definition) is 14. The summed E-state index contributed by atoms with van der Waals surface area (Å²) in [6.45, 7) is 13.8. The standard InChI is InChI=1S/C43H77N9O10S/c1-43(2,3)50(4)20-24-61-25-21-52-33-16-19-51(30-34(57-5)41(58-6)40(33)48-49-52)38(55)15-9-14-37(54)45-18-11-23-60-27-29-62-28-26-59-22-10-17-44-36(53)13-8-7-12-35-39-32(31-63-35)46-42(56)47-39/h32,34-35,39,41H,7-31H2,1-6H3,(H,44,53)(H,45,54)(H2,46,47,56)/t32-,34-,35-,39-,41+/m0/s1. The number of carbonyl (C=O) groups excluding carboxylic acids is 4. The fourth-order valence-electron chi connectivity index (χ4n) is 7.66. The summed E-state index contributed by atoms with van der Waals surface area (Å²) in [5.74, 6) is 0.893. The fourth-order valence-corrected chi connectivity index (χ4v) is 9.20. The quantitative estimate of drug-likeness (QED) is 0.0622. The SMILES string of the molecule is CO[C@H]1CN(C(=O)CCCC(=O)NCCCOCCOCCOCCCNC(=O)CCCC[C@@H]2SC[C@@H]3NC(=O)N[C@@H]32)CCc2c(nnn2CCOCCN(C)C(C)(C)C)[C@@H]1OC. The van der Waals surface area contributed by atoms with Gasteiger partial charge in [0.15, 0.2) is 0 Å². The van der Waals surface area contributed by atoms with Crippen LogP contribution in [-0.4, -0.2) is 190 Å². The van der Waals surface area contributed by atoms with Gasteiger partial charge in [-0.05, 0) is 59.9 Å². The van der Waals surface area contributed by atoms with Gasteiger partial charge in [0.05, 0.1) is 64.0 Å². The van der Waals surface area contributed by atoms with E-state index in [4.69, 9.17) is 28.4 Å². The number of likely N-dealkylation sites (N-methyl/N-ethyl adjacent to an activating group) is 1. The van der Waals surface area contributed by atoms with Crippen molar-refractivity contribution in [3.8, 4) is 0 Å². The molecule has 20 heteroatoms. The number of urea groups is 1. The predicted molar refractivity (Wildman–Crippen MR) is 240 cm³/mol. The van der Waals surface area contributed by atoms with E-state index in [0.29, 0.717) is 117 Å². The third-order valence-corrected chi connectivity index (χ3v) is 13.3. The average molecular weight is 912 g/mol. The molecule has 1 aromatic rings. The maximum Gasteiger partial charge on any atom is 0.315 e. The van der Waals surface area contributed by atoms with Crippen molar-refractivity contribution < 1.29 is 47.6 Å². The molecule has 5 atom stereocenters. The molecule has 2 fully saturated rings. The van der Waals surface area contributed by atoms with E-state index >= 15 is 0 Å². The van der Waals surface area contributed by atoms with Crippen molar-refractivity contribution in [2.24, 2.45) is 0 Å². The molecule has 0 unspecified atom stereocenters. The minimum absolute atomic E-state index is 0.0347. The molecule has 19 nitrogen and oxygen atoms in total. The van der Waals surface area contributed by atoms with Gasteiger partial charge >= 0.3 is 6.03 Å². The number of hydrogen-bond donors (Lipinski definition) is 4. The Hall–Kier alpha value is -3.11. The summed E-state index contributed by atoms with van der Waals surface area (Å²) in [7, 11) is 5.31. The lowest BCUT2D eigenvalue weighted by Gasteiger charge is -2.33. The zero-order valence-electron chi connectivity index (χ0n) is 38.8. The van der Waals surface area contributed by atoms with Crippen LogP contribution in [0.2, 0.25) is 0 Å². The van der Waals surface area contributed by atoms with Crippen LogP contribution >= 0.6 is 11.8 Å². The number of unbranched alkanes of at least 4 members (excludes halogenated alkanes) is 1. The van der Waals surface area contributed by atoms with Crippen molar-refractivity contribution in [2.45, 2.75) is 127 Å². The van der Waals surface area contributed by atoms with Crippen molar-refractivity contribution in [1.29, 1.82) is 0 Å². The van der Waals surface area contributed by atoms with Crippen molar-refractivity contribution >= 4 is 35.5 Å². The summed E-state index contributed by atoms with van der Waals surface area (Å²) in [6, 6.07) is 0.390. The Kier molecular flexibility index (Phi) is 23.9. The number of fused-ring (bicyclic) bond motifs is 2. The monoisotopic (exact) mass is 912 g/mol. The van der Waals surface area contributed by atoms with E-state index in [1.165, 1.54) is 0 Å². The lowest BCUT2D eigenvalue weighted by atomic mass is 10.0. The molecule has 0 radical (unpaired) electrons. The largest absolute Gasteiger partial charge is 0.379 e. The summed E-state index contributed by atoms with van der Waals surface area (Å²) in [6.07, 6.45) is 5.36. The lowest BCUT2D eigenvalue weighted by Crippen LogP contribution is -2.44. The molecule has 0 aliphatic carbocycles. The Bertz CT molecular complexity index is 1520. The molecule has 0 spiro atoms. The van der Waals surface area contributed by atoms with Crippen LogP contribution in [0.4, 0.5) is 4.79 Å². The number of amides is 5. The summed E-state index contributed by atoms with van der Waals surface area (Å²) in [4.78, 5) is 53.6. The Morgan fingerprint density at radius 1 is 0.825 bits per heavy atom. The fraction of sp³-hybridized carbons (Fsp3) is 0.860.